The number of rotatable bonds is 8. The zero-order chi connectivity index (χ0) is 13.2. The average Bonchev–Trinajstić information content (AvgIpc) is 2.88. The number of nitrogens with one attached hydrogen (secondary N) is 2. The molecule has 1 heterocycles. The van der Waals surface area contributed by atoms with Crippen molar-refractivity contribution < 1.29 is 9.59 Å². The summed E-state index contributed by atoms with van der Waals surface area (Å²) < 4.78 is 1.99. The number of nitrogens with zero attached hydrogens (tertiary/aromatic N) is 2. The average molecular weight is 253 g/mol. The topological polar surface area (TPSA) is 102 Å². The third kappa shape index (κ3) is 6.00. The molecule has 0 aliphatic heterocycles. The maximum absolute atomic E-state index is 11.3. The Labute approximate surface area is 106 Å². The predicted molar refractivity (Wildman–Crippen MR) is 66.5 cm³/mol. The van der Waals surface area contributed by atoms with Crippen LogP contribution in [0.5, 0.6) is 0 Å². The summed E-state index contributed by atoms with van der Waals surface area (Å²) in [6, 6.07) is 0. The van der Waals surface area contributed by atoms with E-state index in [1.165, 1.54) is 0 Å². The molecule has 0 bridgehead atoms. The van der Waals surface area contributed by atoms with Crippen molar-refractivity contribution in [2.75, 3.05) is 19.6 Å². The summed E-state index contributed by atoms with van der Waals surface area (Å²) in [5.74, 6) is -0.523. The van der Waals surface area contributed by atoms with Crippen LogP contribution in [0.4, 0.5) is 0 Å². The number of imidazole rings is 1. The lowest BCUT2D eigenvalue weighted by atomic mass is 10.3. The Hall–Kier alpha value is -1.89. The van der Waals surface area contributed by atoms with E-state index in [0.717, 1.165) is 19.4 Å². The zero-order valence-electron chi connectivity index (χ0n) is 10.3. The first-order valence-electron chi connectivity index (χ1n) is 5.91. The fourth-order valence-corrected chi connectivity index (χ4v) is 1.38. The van der Waals surface area contributed by atoms with Gasteiger partial charge >= 0.3 is 0 Å². The summed E-state index contributed by atoms with van der Waals surface area (Å²) in [6.07, 6.45) is 7.25. The fourth-order valence-electron chi connectivity index (χ4n) is 1.38. The van der Waals surface area contributed by atoms with Gasteiger partial charge in [0, 0.05) is 25.5 Å². The van der Waals surface area contributed by atoms with Gasteiger partial charge in [0.2, 0.25) is 11.8 Å². The molecule has 100 valence electrons. The first-order chi connectivity index (χ1) is 8.72. The van der Waals surface area contributed by atoms with Crippen molar-refractivity contribution in [2.45, 2.75) is 19.4 Å². The Bertz CT molecular complexity index is 364. The Morgan fingerprint density at radius 1 is 1.22 bits per heavy atom. The third-order valence-electron chi connectivity index (χ3n) is 2.36. The number of aryl methyl sites for hydroxylation is 1. The lowest BCUT2D eigenvalue weighted by Crippen LogP contribution is -2.39. The molecule has 1 aromatic heterocycles. The van der Waals surface area contributed by atoms with Crippen LogP contribution in [0.1, 0.15) is 12.8 Å². The highest BCUT2D eigenvalue weighted by Crippen LogP contribution is 1.93. The smallest absolute Gasteiger partial charge is 0.239 e. The highest BCUT2D eigenvalue weighted by Gasteiger charge is 2.02. The van der Waals surface area contributed by atoms with Gasteiger partial charge in [-0.15, -0.1) is 0 Å². The van der Waals surface area contributed by atoms with E-state index in [9.17, 15) is 9.59 Å². The molecule has 18 heavy (non-hydrogen) atoms. The lowest BCUT2D eigenvalue weighted by Gasteiger charge is -2.06. The van der Waals surface area contributed by atoms with E-state index in [1.54, 1.807) is 12.5 Å². The monoisotopic (exact) mass is 253 g/mol. The molecular formula is C11H19N5O2. The maximum atomic E-state index is 11.3. The summed E-state index contributed by atoms with van der Waals surface area (Å²) in [5.41, 5.74) is 5.09. The minimum atomic E-state index is -0.328. The highest BCUT2D eigenvalue weighted by molar-refractivity contribution is 5.85. The number of hydrogen-bond donors (Lipinski definition) is 3. The molecule has 0 saturated heterocycles. The second kappa shape index (κ2) is 8.24. The van der Waals surface area contributed by atoms with Crippen molar-refractivity contribution in [3.63, 3.8) is 0 Å². The van der Waals surface area contributed by atoms with Gasteiger partial charge in [-0.2, -0.15) is 0 Å². The van der Waals surface area contributed by atoms with Crippen LogP contribution in [0.3, 0.4) is 0 Å². The van der Waals surface area contributed by atoms with Crippen molar-refractivity contribution in [3.05, 3.63) is 18.7 Å². The van der Waals surface area contributed by atoms with Crippen LogP contribution in [0.25, 0.3) is 0 Å². The second-order valence-electron chi connectivity index (χ2n) is 3.84. The molecule has 0 aromatic carbocycles. The van der Waals surface area contributed by atoms with Crippen LogP contribution in [0.15, 0.2) is 18.7 Å². The Morgan fingerprint density at radius 2 is 2.06 bits per heavy atom. The first kappa shape index (κ1) is 14.2. The van der Waals surface area contributed by atoms with E-state index in [2.05, 4.69) is 15.6 Å². The van der Waals surface area contributed by atoms with Crippen molar-refractivity contribution in [1.82, 2.24) is 20.2 Å². The number of hydrogen-bond acceptors (Lipinski definition) is 4. The fraction of sp³-hybridized carbons (Fsp3) is 0.545. The minimum Gasteiger partial charge on any atom is -0.355 e. The van der Waals surface area contributed by atoms with Gasteiger partial charge in [0.05, 0.1) is 19.4 Å². The molecule has 7 nitrogen and oxygen atoms in total. The molecule has 1 aromatic rings. The standard InChI is InChI=1S/C11H19N5O2/c12-7-10(17)15-8-11(18)14-3-1-2-5-16-6-4-13-9-16/h4,6,9H,1-3,5,7-8,12H2,(H,14,18)(H,15,17). The van der Waals surface area contributed by atoms with Crippen LogP contribution in [-0.2, 0) is 16.1 Å². The number of unbranched alkanes of at least 4 members (excludes halogenated alkanes) is 1. The molecule has 4 N–H and O–H groups in total. The van der Waals surface area contributed by atoms with Gasteiger partial charge in [-0.05, 0) is 12.8 Å². The second-order valence-corrected chi connectivity index (χ2v) is 3.84. The molecular weight excluding hydrogens is 234 g/mol. The van der Waals surface area contributed by atoms with Gasteiger partial charge in [0.25, 0.3) is 0 Å². The number of amides is 2. The van der Waals surface area contributed by atoms with Gasteiger partial charge in [0.15, 0.2) is 0 Å². The van der Waals surface area contributed by atoms with Crippen molar-refractivity contribution in [2.24, 2.45) is 5.73 Å². The number of nitrogens with two attached hydrogens (primary N) is 1. The number of carbonyl (C=O) groups is 2. The van der Waals surface area contributed by atoms with Gasteiger partial charge in [-0.3, -0.25) is 9.59 Å². The van der Waals surface area contributed by atoms with Gasteiger partial charge in [-0.1, -0.05) is 0 Å². The number of aromatic nitrogens is 2. The van der Waals surface area contributed by atoms with Gasteiger partial charge < -0.3 is 20.9 Å². The quantitative estimate of drug-likeness (QED) is 0.509. The number of carbonyl (C=O) groups excluding carboxylic acids is 2. The van der Waals surface area contributed by atoms with E-state index >= 15 is 0 Å². The van der Waals surface area contributed by atoms with Crippen LogP contribution in [0, 0.1) is 0 Å². The molecule has 0 saturated carbocycles. The Morgan fingerprint density at radius 3 is 2.72 bits per heavy atom. The minimum absolute atomic E-state index is 0.0163. The van der Waals surface area contributed by atoms with E-state index in [-0.39, 0.29) is 24.9 Å². The molecule has 0 radical (unpaired) electrons. The summed E-state index contributed by atoms with van der Waals surface area (Å²) in [6.45, 7) is 1.38. The van der Waals surface area contributed by atoms with Gasteiger partial charge in [0.1, 0.15) is 0 Å². The molecule has 0 fully saturated rings. The van der Waals surface area contributed by atoms with E-state index in [1.807, 2.05) is 10.8 Å². The highest BCUT2D eigenvalue weighted by atomic mass is 16.2. The molecule has 0 atom stereocenters. The molecule has 0 spiro atoms. The van der Waals surface area contributed by atoms with Crippen molar-refractivity contribution in [3.8, 4) is 0 Å². The molecule has 0 unspecified atom stereocenters. The summed E-state index contributed by atoms with van der Waals surface area (Å²) in [5, 5.41) is 5.13. The van der Waals surface area contributed by atoms with Crippen molar-refractivity contribution >= 4 is 11.8 Å². The summed E-state index contributed by atoms with van der Waals surface area (Å²) in [7, 11) is 0. The molecule has 2 amide bonds. The zero-order valence-corrected chi connectivity index (χ0v) is 10.3. The van der Waals surface area contributed by atoms with E-state index < -0.39 is 0 Å². The van der Waals surface area contributed by atoms with Crippen molar-refractivity contribution in [1.29, 1.82) is 0 Å². The van der Waals surface area contributed by atoms with Crippen LogP contribution < -0.4 is 16.4 Å². The SMILES string of the molecule is NCC(=O)NCC(=O)NCCCCn1ccnc1. The summed E-state index contributed by atoms with van der Waals surface area (Å²) >= 11 is 0. The lowest BCUT2D eigenvalue weighted by molar-refractivity contribution is -0.125. The first-order valence-corrected chi connectivity index (χ1v) is 5.91. The third-order valence-corrected chi connectivity index (χ3v) is 2.36. The Balaban J connectivity index is 1.97. The van der Waals surface area contributed by atoms with E-state index in [0.29, 0.717) is 6.54 Å². The van der Waals surface area contributed by atoms with E-state index in [4.69, 9.17) is 5.73 Å². The molecule has 7 heteroatoms. The van der Waals surface area contributed by atoms with Crippen LogP contribution in [-0.4, -0.2) is 41.0 Å². The van der Waals surface area contributed by atoms with Crippen LogP contribution in [0.2, 0.25) is 0 Å². The normalized spacial score (nSPS) is 10.1. The van der Waals surface area contributed by atoms with Crippen LogP contribution >= 0.6 is 0 Å². The summed E-state index contributed by atoms with van der Waals surface area (Å²) in [4.78, 5) is 26.0. The predicted octanol–water partition coefficient (Wildman–Crippen LogP) is -1.15. The van der Waals surface area contributed by atoms with Gasteiger partial charge in [-0.25, -0.2) is 4.98 Å². The molecule has 1 rings (SSSR count). The largest absolute Gasteiger partial charge is 0.355 e. The molecule has 0 aliphatic carbocycles. The Kier molecular flexibility index (Phi) is 6.49. The maximum Gasteiger partial charge on any atom is 0.239 e. The molecule has 0 aliphatic rings.